The highest BCUT2D eigenvalue weighted by Gasteiger charge is 2.49. The quantitative estimate of drug-likeness (QED) is 0.736. The van der Waals surface area contributed by atoms with Gasteiger partial charge in [-0.25, -0.2) is 0 Å². The van der Waals surface area contributed by atoms with Crippen molar-refractivity contribution in [3.63, 3.8) is 0 Å². The van der Waals surface area contributed by atoms with Crippen LogP contribution in [0.2, 0.25) is 0 Å². The summed E-state index contributed by atoms with van der Waals surface area (Å²) in [6.07, 6.45) is -2.02. The van der Waals surface area contributed by atoms with Crippen LogP contribution in [0.25, 0.3) is 5.76 Å². The summed E-state index contributed by atoms with van der Waals surface area (Å²) >= 11 is 0. The molecule has 0 radical (unpaired) electrons. The molecule has 7 nitrogen and oxygen atoms in total. The number of rotatable bonds is 3. The van der Waals surface area contributed by atoms with Crippen LogP contribution in [0.5, 0.6) is 11.5 Å². The summed E-state index contributed by atoms with van der Waals surface area (Å²) in [5.74, 6) is -0.506. The molecule has 2 aliphatic rings. The monoisotopic (exact) mass is 336 g/mol. The standard InChI is InChI=1S/C17H20O7/c1-22-13-5-8(3-4-9(13)18)12-6-10(19)15-14(24-12)7-11(20)17(23-2)16(15)21/h3-6,11,14-18,20-21H,7H2,1-2H3. The summed E-state index contributed by atoms with van der Waals surface area (Å²) in [7, 11) is 2.81. The summed E-state index contributed by atoms with van der Waals surface area (Å²) in [5, 5.41) is 30.1. The van der Waals surface area contributed by atoms with E-state index in [-0.39, 0.29) is 23.7 Å². The number of hydrogen-bond acceptors (Lipinski definition) is 7. The number of phenols is 1. The van der Waals surface area contributed by atoms with Gasteiger partial charge in [0.25, 0.3) is 0 Å². The van der Waals surface area contributed by atoms with Gasteiger partial charge in [-0.2, -0.15) is 0 Å². The average Bonchev–Trinajstić information content (AvgIpc) is 2.54. The molecule has 1 aliphatic heterocycles. The normalized spacial score (nSPS) is 32.6. The molecule has 0 amide bonds. The number of ether oxygens (including phenoxy) is 3. The summed E-state index contributed by atoms with van der Waals surface area (Å²) in [6, 6.07) is 4.60. The Hall–Kier alpha value is -2.09. The molecule has 0 saturated heterocycles. The summed E-state index contributed by atoms with van der Waals surface area (Å²) in [4.78, 5) is 12.5. The second kappa shape index (κ2) is 6.43. The van der Waals surface area contributed by atoms with Crippen LogP contribution in [-0.2, 0) is 14.3 Å². The molecule has 1 aromatic carbocycles. The molecule has 3 N–H and O–H groups in total. The number of methoxy groups -OCH3 is 2. The number of aliphatic hydroxyl groups excluding tert-OH is 2. The predicted octanol–water partition coefficient (Wildman–Crippen LogP) is 0.466. The van der Waals surface area contributed by atoms with Gasteiger partial charge in [-0.1, -0.05) is 0 Å². The lowest BCUT2D eigenvalue weighted by Gasteiger charge is -2.43. The summed E-state index contributed by atoms with van der Waals surface area (Å²) < 4.78 is 16.0. The van der Waals surface area contributed by atoms with Gasteiger partial charge in [0.2, 0.25) is 0 Å². The van der Waals surface area contributed by atoms with E-state index in [1.54, 1.807) is 12.1 Å². The van der Waals surface area contributed by atoms with Crippen molar-refractivity contribution in [2.45, 2.75) is 30.8 Å². The molecule has 1 aliphatic carbocycles. The van der Waals surface area contributed by atoms with E-state index in [2.05, 4.69) is 0 Å². The van der Waals surface area contributed by atoms with Crippen molar-refractivity contribution < 1.29 is 34.3 Å². The molecule has 1 aromatic rings. The molecule has 130 valence electrons. The Morgan fingerprint density at radius 2 is 2.00 bits per heavy atom. The molecule has 0 bridgehead atoms. The molecule has 5 atom stereocenters. The lowest BCUT2D eigenvalue weighted by atomic mass is 9.76. The minimum atomic E-state index is -1.14. The largest absolute Gasteiger partial charge is 0.504 e. The van der Waals surface area contributed by atoms with Crippen molar-refractivity contribution in [1.29, 1.82) is 0 Å². The van der Waals surface area contributed by atoms with Gasteiger partial charge in [0.15, 0.2) is 17.3 Å². The number of benzene rings is 1. The van der Waals surface area contributed by atoms with Crippen LogP contribution in [0.15, 0.2) is 24.3 Å². The second-order valence-electron chi connectivity index (χ2n) is 5.97. The first-order valence-corrected chi connectivity index (χ1v) is 7.64. The highest BCUT2D eigenvalue weighted by Crippen LogP contribution is 2.38. The van der Waals surface area contributed by atoms with E-state index in [1.165, 1.54) is 26.4 Å². The summed E-state index contributed by atoms with van der Waals surface area (Å²) in [6.45, 7) is 0. The van der Waals surface area contributed by atoms with Gasteiger partial charge < -0.3 is 29.5 Å². The van der Waals surface area contributed by atoms with Gasteiger partial charge in [-0.3, -0.25) is 4.79 Å². The number of allylic oxidation sites excluding steroid dienone is 1. The van der Waals surface area contributed by atoms with Crippen LogP contribution < -0.4 is 4.74 Å². The summed E-state index contributed by atoms with van der Waals surface area (Å²) in [5.41, 5.74) is 0.564. The maximum Gasteiger partial charge on any atom is 0.168 e. The van der Waals surface area contributed by atoms with Gasteiger partial charge in [0, 0.05) is 25.2 Å². The predicted molar refractivity (Wildman–Crippen MR) is 83.4 cm³/mol. The van der Waals surface area contributed by atoms with Crippen LogP contribution >= 0.6 is 0 Å². The maximum atomic E-state index is 12.5. The highest BCUT2D eigenvalue weighted by molar-refractivity contribution is 5.99. The van der Waals surface area contributed by atoms with E-state index in [1.807, 2.05) is 0 Å². The van der Waals surface area contributed by atoms with Crippen LogP contribution in [0.3, 0.4) is 0 Å². The van der Waals surface area contributed by atoms with E-state index in [4.69, 9.17) is 14.2 Å². The molecule has 0 spiro atoms. The fourth-order valence-electron chi connectivity index (χ4n) is 3.34. The molecule has 3 rings (SSSR count). The minimum Gasteiger partial charge on any atom is -0.504 e. The smallest absolute Gasteiger partial charge is 0.168 e. The van der Waals surface area contributed by atoms with E-state index >= 15 is 0 Å². The van der Waals surface area contributed by atoms with E-state index in [0.29, 0.717) is 11.3 Å². The van der Waals surface area contributed by atoms with Crippen LogP contribution in [0.1, 0.15) is 12.0 Å². The van der Waals surface area contributed by atoms with Crippen molar-refractivity contribution in [1.82, 2.24) is 0 Å². The fourth-order valence-corrected chi connectivity index (χ4v) is 3.34. The minimum absolute atomic E-state index is 0.0201. The number of hydrogen-bond donors (Lipinski definition) is 3. The first kappa shape index (κ1) is 16.8. The molecule has 24 heavy (non-hydrogen) atoms. The number of phenolic OH excluding ortho intramolecular Hbond substituents is 1. The fraction of sp³-hybridized carbons (Fsp3) is 0.471. The van der Waals surface area contributed by atoms with Crippen molar-refractivity contribution in [2.75, 3.05) is 14.2 Å². The third-order valence-electron chi connectivity index (χ3n) is 4.57. The molecular weight excluding hydrogens is 316 g/mol. The van der Waals surface area contributed by atoms with Gasteiger partial charge in [-0.05, 0) is 18.2 Å². The van der Waals surface area contributed by atoms with Crippen molar-refractivity contribution >= 4 is 11.5 Å². The van der Waals surface area contributed by atoms with Crippen molar-refractivity contribution in [2.24, 2.45) is 5.92 Å². The van der Waals surface area contributed by atoms with Gasteiger partial charge >= 0.3 is 0 Å². The second-order valence-corrected chi connectivity index (χ2v) is 5.97. The Balaban J connectivity index is 1.92. The van der Waals surface area contributed by atoms with Gasteiger partial charge in [-0.15, -0.1) is 0 Å². The third kappa shape index (κ3) is 2.75. The Labute approximate surface area is 139 Å². The molecule has 1 heterocycles. The zero-order valence-corrected chi connectivity index (χ0v) is 13.4. The Kier molecular flexibility index (Phi) is 4.49. The molecule has 7 heteroatoms. The molecule has 1 saturated carbocycles. The molecule has 1 fully saturated rings. The van der Waals surface area contributed by atoms with Gasteiger partial charge in [0.05, 0.1) is 25.2 Å². The zero-order valence-electron chi connectivity index (χ0n) is 13.4. The maximum absolute atomic E-state index is 12.5. The topological polar surface area (TPSA) is 105 Å². The molecule has 5 unspecified atom stereocenters. The zero-order chi connectivity index (χ0) is 17.4. The Morgan fingerprint density at radius 1 is 1.25 bits per heavy atom. The molecular formula is C17H20O7. The van der Waals surface area contributed by atoms with E-state index < -0.39 is 30.3 Å². The Bertz CT molecular complexity index is 669. The van der Waals surface area contributed by atoms with Crippen LogP contribution in [0, 0.1) is 5.92 Å². The number of aromatic hydroxyl groups is 1. The van der Waals surface area contributed by atoms with E-state index in [9.17, 15) is 20.1 Å². The first-order chi connectivity index (χ1) is 11.5. The number of ketones is 1. The number of aliphatic hydroxyl groups is 2. The lowest BCUT2D eigenvalue weighted by Crippen LogP contribution is -2.57. The molecule has 0 aromatic heterocycles. The number of fused-ring (bicyclic) bond motifs is 1. The van der Waals surface area contributed by atoms with E-state index in [0.717, 1.165) is 0 Å². The van der Waals surface area contributed by atoms with Crippen molar-refractivity contribution in [3.8, 4) is 11.5 Å². The number of carbonyl (C=O) groups is 1. The SMILES string of the molecule is COc1cc(C2=CC(=O)C3C(CC(O)C(OC)C3O)O2)ccc1O. The lowest BCUT2D eigenvalue weighted by molar-refractivity contribution is -0.170. The first-order valence-electron chi connectivity index (χ1n) is 7.64. The Morgan fingerprint density at radius 3 is 2.67 bits per heavy atom. The van der Waals surface area contributed by atoms with Crippen LogP contribution in [0.4, 0.5) is 0 Å². The van der Waals surface area contributed by atoms with Crippen molar-refractivity contribution in [3.05, 3.63) is 29.8 Å². The van der Waals surface area contributed by atoms with Crippen LogP contribution in [-0.4, -0.2) is 59.7 Å². The third-order valence-corrected chi connectivity index (χ3v) is 4.57. The highest BCUT2D eigenvalue weighted by atomic mass is 16.5. The number of carbonyl (C=O) groups excluding carboxylic acids is 1. The average molecular weight is 336 g/mol. The van der Waals surface area contributed by atoms with Gasteiger partial charge in [0.1, 0.15) is 18.0 Å².